The molecule has 2 aromatic rings. The monoisotopic (exact) mass is 320 g/mol. The fourth-order valence-corrected chi connectivity index (χ4v) is 2.98. The van der Waals surface area contributed by atoms with Crippen LogP contribution in [0.5, 0.6) is 0 Å². The predicted molar refractivity (Wildman–Crippen MR) is 85.2 cm³/mol. The number of carbonyl (C=O) groups excluding carboxylic acids is 2. The molecule has 0 aliphatic rings. The Kier molecular flexibility index (Phi) is 5.32. The second kappa shape index (κ2) is 7.22. The molecular formula is C15H20N4O2S. The van der Waals surface area contributed by atoms with Crippen LogP contribution in [-0.4, -0.2) is 33.5 Å². The fourth-order valence-electron chi connectivity index (χ4n) is 2.20. The van der Waals surface area contributed by atoms with E-state index in [4.69, 9.17) is 0 Å². The molecule has 0 radical (unpaired) electrons. The normalized spacial score (nSPS) is 12.0. The highest BCUT2D eigenvalue weighted by Gasteiger charge is 2.20. The molecule has 0 spiro atoms. The molecule has 118 valence electrons. The van der Waals surface area contributed by atoms with Crippen LogP contribution >= 0.6 is 11.3 Å². The molecule has 0 saturated carbocycles. The highest BCUT2D eigenvalue weighted by atomic mass is 32.1. The number of nitrogens with one attached hydrogen (secondary N) is 1. The van der Waals surface area contributed by atoms with Crippen LogP contribution in [0, 0.1) is 0 Å². The van der Waals surface area contributed by atoms with Gasteiger partial charge < -0.3 is 10.2 Å². The van der Waals surface area contributed by atoms with Crippen molar-refractivity contribution in [1.29, 1.82) is 0 Å². The Morgan fingerprint density at radius 1 is 1.50 bits per heavy atom. The molecule has 0 aromatic carbocycles. The van der Waals surface area contributed by atoms with Gasteiger partial charge in [-0.3, -0.25) is 14.3 Å². The molecule has 0 bridgehead atoms. The van der Waals surface area contributed by atoms with Crippen LogP contribution in [0.15, 0.2) is 29.9 Å². The Labute approximate surface area is 133 Å². The number of hydrogen-bond donors (Lipinski definition) is 1. The third kappa shape index (κ3) is 4.42. The third-order valence-electron chi connectivity index (χ3n) is 3.25. The van der Waals surface area contributed by atoms with E-state index in [9.17, 15) is 9.59 Å². The lowest BCUT2D eigenvalue weighted by atomic mass is 10.1. The maximum Gasteiger partial charge on any atom is 0.225 e. The van der Waals surface area contributed by atoms with Gasteiger partial charge in [-0.1, -0.05) is 6.07 Å². The van der Waals surface area contributed by atoms with Gasteiger partial charge in [0, 0.05) is 44.2 Å². The van der Waals surface area contributed by atoms with E-state index < -0.39 is 0 Å². The van der Waals surface area contributed by atoms with Gasteiger partial charge in [-0.2, -0.15) is 5.10 Å². The molecule has 22 heavy (non-hydrogen) atoms. The maximum absolute atomic E-state index is 12.4. The second-order valence-corrected chi connectivity index (χ2v) is 6.22. The summed E-state index contributed by atoms with van der Waals surface area (Å²) in [7, 11) is 3.60. The van der Waals surface area contributed by atoms with Crippen molar-refractivity contribution in [2.45, 2.75) is 25.9 Å². The smallest absolute Gasteiger partial charge is 0.225 e. The van der Waals surface area contributed by atoms with E-state index in [0.717, 1.165) is 10.4 Å². The molecule has 6 nitrogen and oxygen atoms in total. The van der Waals surface area contributed by atoms with Crippen LogP contribution < -0.4 is 5.32 Å². The molecule has 7 heteroatoms. The van der Waals surface area contributed by atoms with Crippen molar-refractivity contribution in [3.05, 3.63) is 40.3 Å². The Bertz CT molecular complexity index is 636. The zero-order valence-electron chi connectivity index (χ0n) is 12.9. The summed E-state index contributed by atoms with van der Waals surface area (Å²) < 4.78 is 1.71. The van der Waals surface area contributed by atoms with Gasteiger partial charge in [0.25, 0.3) is 0 Å². The molecule has 1 N–H and O–H groups in total. The molecule has 2 rings (SSSR count). The van der Waals surface area contributed by atoms with Crippen molar-refractivity contribution >= 4 is 23.2 Å². The summed E-state index contributed by atoms with van der Waals surface area (Å²) in [5.74, 6) is -0.155. The number of carbonyl (C=O) groups is 2. The fraction of sp³-hybridized carbons (Fsp3) is 0.400. The second-order valence-electron chi connectivity index (χ2n) is 5.24. The number of nitrogens with zero attached hydrogens (tertiary/aromatic N) is 3. The first-order valence-corrected chi connectivity index (χ1v) is 7.85. The zero-order valence-corrected chi connectivity index (χ0v) is 13.8. The number of rotatable bonds is 6. The highest BCUT2D eigenvalue weighted by molar-refractivity contribution is 7.10. The number of thiophene rings is 1. The quantitative estimate of drug-likeness (QED) is 0.881. The van der Waals surface area contributed by atoms with E-state index >= 15 is 0 Å². The summed E-state index contributed by atoms with van der Waals surface area (Å²) in [6.07, 6.45) is 3.87. The van der Waals surface area contributed by atoms with Gasteiger partial charge in [-0.05, 0) is 11.4 Å². The van der Waals surface area contributed by atoms with Gasteiger partial charge >= 0.3 is 0 Å². The topological polar surface area (TPSA) is 67.2 Å². The van der Waals surface area contributed by atoms with Crippen molar-refractivity contribution in [3.63, 3.8) is 0 Å². The standard InChI is InChI=1S/C15H20N4O2S/c1-11(20)17-13(14-5-4-6-22-14)7-15(21)18(2)9-12-8-16-19(3)10-12/h4-6,8,10,13H,7,9H2,1-3H3,(H,17,20)/t13-/m0/s1. The number of aryl methyl sites for hydroxylation is 1. The van der Waals surface area contributed by atoms with Gasteiger partial charge in [0.2, 0.25) is 11.8 Å². The number of amides is 2. The average molecular weight is 320 g/mol. The molecule has 1 atom stereocenters. The lowest BCUT2D eigenvalue weighted by molar-refractivity contribution is -0.131. The van der Waals surface area contributed by atoms with E-state index in [0.29, 0.717) is 6.54 Å². The summed E-state index contributed by atoms with van der Waals surface area (Å²) in [6, 6.07) is 3.57. The Morgan fingerprint density at radius 3 is 2.82 bits per heavy atom. The largest absolute Gasteiger partial charge is 0.348 e. The summed E-state index contributed by atoms with van der Waals surface area (Å²) in [5, 5.41) is 8.88. The van der Waals surface area contributed by atoms with E-state index in [1.165, 1.54) is 18.3 Å². The molecular weight excluding hydrogens is 300 g/mol. The molecule has 0 aliphatic heterocycles. The first-order valence-electron chi connectivity index (χ1n) is 6.97. The maximum atomic E-state index is 12.4. The average Bonchev–Trinajstić information content (AvgIpc) is 3.09. The number of aromatic nitrogens is 2. The highest BCUT2D eigenvalue weighted by Crippen LogP contribution is 2.23. The van der Waals surface area contributed by atoms with Crippen molar-refractivity contribution < 1.29 is 9.59 Å². The van der Waals surface area contributed by atoms with Crippen molar-refractivity contribution in [1.82, 2.24) is 20.0 Å². The van der Waals surface area contributed by atoms with E-state index in [-0.39, 0.29) is 24.3 Å². The van der Waals surface area contributed by atoms with E-state index in [1.54, 1.807) is 22.8 Å². The summed E-state index contributed by atoms with van der Waals surface area (Å²) in [4.78, 5) is 26.4. The minimum absolute atomic E-state index is 0.0176. The van der Waals surface area contributed by atoms with Crippen LogP contribution in [0.2, 0.25) is 0 Å². The van der Waals surface area contributed by atoms with Crippen LogP contribution in [0.1, 0.15) is 29.8 Å². The third-order valence-corrected chi connectivity index (χ3v) is 4.23. The SMILES string of the molecule is CC(=O)N[C@@H](CC(=O)N(C)Cc1cnn(C)c1)c1cccs1. The lowest BCUT2D eigenvalue weighted by Gasteiger charge is -2.21. The zero-order chi connectivity index (χ0) is 16.1. The van der Waals surface area contributed by atoms with E-state index in [1.807, 2.05) is 30.8 Å². The Balaban J connectivity index is 1.99. The molecule has 2 aromatic heterocycles. The van der Waals surface area contributed by atoms with Crippen molar-refractivity contribution in [3.8, 4) is 0 Å². The van der Waals surface area contributed by atoms with Crippen LogP contribution in [0.4, 0.5) is 0 Å². The lowest BCUT2D eigenvalue weighted by Crippen LogP contribution is -2.33. The predicted octanol–water partition coefficient (Wildman–Crippen LogP) is 1.71. The van der Waals surface area contributed by atoms with Crippen LogP contribution in [0.3, 0.4) is 0 Å². The van der Waals surface area contributed by atoms with Gasteiger partial charge in [0.15, 0.2) is 0 Å². The van der Waals surface area contributed by atoms with Gasteiger partial charge in [0.05, 0.1) is 18.7 Å². The first-order chi connectivity index (χ1) is 10.5. The van der Waals surface area contributed by atoms with Gasteiger partial charge in [-0.25, -0.2) is 0 Å². The first kappa shape index (κ1) is 16.2. The molecule has 2 amide bonds. The molecule has 0 saturated heterocycles. The van der Waals surface area contributed by atoms with E-state index in [2.05, 4.69) is 10.4 Å². The van der Waals surface area contributed by atoms with Crippen LogP contribution in [-0.2, 0) is 23.2 Å². The molecule has 0 unspecified atom stereocenters. The minimum atomic E-state index is -0.277. The molecule has 0 fully saturated rings. The van der Waals surface area contributed by atoms with Gasteiger partial charge in [-0.15, -0.1) is 11.3 Å². The summed E-state index contributed by atoms with van der Waals surface area (Å²) in [6.45, 7) is 1.97. The number of hydrogen-bond acceptors (Lipinski definition) is 4. The minimum Gasteiger partial charge on any atom is -0.348 e. The van der Waals surface area contributed by atoms with Gasteiger partial charge in [0.1, 0.15) is 0 Å². The molecule has 0 aliphatic carbocycles. The Morgan fingerprint density at radius 2 is 2.27 bits per heavy atom. The van der Waals surface area contributed by atoms with Crippen molar-refractivity contribution in [2.24, 2.45) is 7.05 Å². The van der Waals surface area contributed by atoms with Crippen LogP contribution in [0.25, 0.3) is 0 Å². The molecule has 2 heterocycles. The van der Waals surface area contributed by atoms with Crippen molar-refractivity contribution in [2.75, 3.05) is 7.05 Å². The summed E-state index contributed by atoms with van der Waals surface area (Å²) >= 11 is 1.54. The summed E-state index contributed by atoms with van der Waals surface area (Å²) in [5.41, 5.74) is 0.977. The Hall–Kier alpha value is -2.15.